The zero-order valence-corrected chi connectivity index (χ0v) is 21.0. The minimum Gasteiger partial charge on any atom is -0.493 e. The van der Waals surface area contributed by atoms with E-state index in [-0.39, 0.29) is 0 Å². The molecule has 1 atom stereocenters. The van der Waals surface area contributed by atoms with Gasteiger partial charge in [0.1, 0.15) is 12.6 Å². The van der Waals surface area contributed by atoms with Crippen LogP contribution in [0.4, 0.5) is 5.69 Å². The third-order valence-electron chi connectivity index (χ3n) is 6.38. The van der Waals surface area contributed by atoms with Gasteiger partial charge in [-0.2, -0.15) is 5.26 Å². The van der Waals surface area contributed by atoms with Gasteiger partial charge in [0.15, 0.2) is 11.5 Å². The van der Waals surface area contributed by atoms with Gasteiger partial charge >= 0.3 is 0 Å². The summed E-state index contributed by atoms with van der Waals surface area (Å²) < 4.78 is 17.0. The Hall–Kier alpha value is -4.06. The highest BCUT2D eigenvalue weighted by molar-refractivity contribution is 5.85. The molecular weight excluding hydrogens is 468 g/mol. The van der Waals surface area contributed by atoms with E-state index in [2.05, 4.69) is 11.0 Å². The highest BCUT2D eigenvalue weighted by Gasteiger charge is 2.28. The van der Waals surface area contributed by atoms with E-state index in [1.807, 2.05) is 59.5 Å². The highest BCUT2D eigenvalue weighted by Crippen LogP contribution is 2.35. The predicted octanol–water partition coefficient (Wildman–Crippen LogP) is 3.51. The lowest BCUT2D eigenvalue weighted by Crippen LogP contribution is -2.38. The van der Waals surface area contributed by atoms with Crippen molar-refractivity contribution in [2.24, 2.45) is 5.73 Å². The second-order valence-corrected chi connectivity index (χ2v) is 8.79. The molecule has 3 aromatic carbocycles. The number of morpholine rings is 1. The van der Waals surface area contributed by atoms with Crippen LogP contribution >= 0.6 is 0 Å². The van der Waals surface area contributed by atoms with Gasteiger partial charge in [0.25, 0.3) is 0 Å². The number of nitriles is 1. The third kappa shape index (κ3) is 6.79. The number of hydrogen-bond acceptors (Lipinski definition) is 7. The largest absolute Gasteiger partial charge is 0.493 e. The number of primary amides is 1. The van der Waals surface area contributed by atoms with Gasteiger partial charge in [0.2, 0.25) is 5.91 Å². The maximum atomic E-state index is 12.9. The van der Waals surface area contributed by atoms with E-state index < -0.39 is 11.9 Å². The van der Waals surface area contributed by atoms with E-state index >= 15 is 0 Å². The van der Waals surface area contributed by atoms with E-state index in [4.69, 9.17) is 19.9 Å². The van der Waals surface area contributed by atoms with Crippen molar-refractivity contribution in [2.45, 2.75) is 12.6 Å². The Morgan fingerprint density at radius 2 is 1.81 bits per heavy atom. The van der Waals surface area contributed by atoms with Gasteiger partial charge in [0, 0.05) is 31.9 Å². The quantitative estimate of drug-likeness (QED) is 0.430. The first kappa shape index (κ1) is 26.0. The number of ether oxygens (including phenoxy) is 3. The number of benzene rings is 3. The number of nitrogens with zero attached hydrogens (tertiary/aromatic N) is 3. The molecule has 0 aliphatic carbocycles. The minimum absolute atomic E-state index is 0.445. The van der Waals surface area contributed by atoms with Gasteiger partial charge in [-0.3, -0.25) is 9.69 Å². The summed E-state index contributed by atoms with van der Waals surface area (Å²) in [5.74, 6) is 0.643. The molecule has 0 saturated carbocycles. The summed E-state index contributed by atoms with van der Waals surface area (Å²) in [6, 6.07) is 23.8. The van der Waals surface area contributed by atoms with Gasteiger partial charge in [-0.25, -0.2) is 0 Å². The molecule has 192 valence electrons. The Labute approximate surface area is 217 Å². The summed E-state index contributed by atoms with van der Waals surface area (Å²) >= 11 is 0. The van der Waals surface area contributed by atoms with Crippen LogP contribution in [0.25, 0.3) is 0 Å². The molecule has 1 saturated heterocycles. The molecular formula is C29H32N4O4. The molecule has 0 radical (unpaired) electrons. The lowest BCUT2D eigenvalue weighted by molar-refractivity contribution is -0.119. The summed E-state index contributed by atoms with van der Waals surface area (Å²) in [5, 5.41) is 9.23. The molecule has 37 heavy (non-hydrogen) atoms. The summed E-state index contributed by atoms with van der Waals surface area (Å²) in [7, 11) is 1.58. The molecule has 1 aliphatic rings. The van der Waals surface area contributed by atoms with Gasteiger partial charge in [-0.05, 0) is 47.5 Å². The molecule has 3 aromatic rings. The number of methoxy groups -OCH3 is 1. The maximum absolute atomic E-state index is 12.9. The van der Waals surface area contributed by atoms with Crippen molar-refractivity contribution >= 4 is 11.6 Å². The molecule has 1 aliphatic heterocycles. The van der Waals surface area contributed by atoms with Gasteiger partial charge in [0.05, 0.1) is 32.0 Å². The van der Waals surface area contributed by atoms with Crippen LogP contribution in [0.15, 0.2) is 72.8 Å². The van der Waals surface area contributed by atoms with E-state index in [9.17, 15) is 10.1 Å². The second-order valence-electron chi connectivity index (χ2n) is 8.79. The minimum atomic E-state index is -0.774. The highest BCUT2D eigenvalue weighted by atomic mass is 16.5. The number of hydrogen-bond donors (Lipinski definition) is 1. The van der Waals surface area contributed by atoms with Crippen molar-refractivity contribution in [3.8, 4) is 17.6 Å². The molecule has 0 aromatic heterocycles. The van der Waals surface area contributed by atoms with Crippen molar-refractivity contribution in [2.75, 3.05) is 51.5 Å². The third-order valence-corrected chi connectivity index (χ3v) is 6.38. The first-order valence-corrected chi connectivity index (χ1v) is 12.3. The predicted molar refractivity (Wildman–Crippen MR) is 141 cm³/mol. The zero-order chi connectivity index (χ0) is 26.0. The normalized spacial score (nSPS) is 14.4. The number of carbonyl (C=O) groups is 1. The fourth-order valence-corrected chi connectivity index (χ4v) is 4.42. The average Bonchev–Trinajstić information content (AvgIpc) is 2.94. The first-order chi connectivity index (χ1) is 18.1. The van der Waals surface area contributed by atoms with Crippen LogP contribution in [0, 0.1) is 11.3 Å². The number of rotatable bonds is 11. The van der Waals surface area contributed by atoms with Crippen LogP contribution in [0.1, 0.15) is 22.7 Å². The van der Waals surface area contributed by atoms with Crippen LogP contribution in [0.3, 0.4) is 0 Å². The Kier molecular flexibility index (Phi) is 8.98. The summed E-state index contributed by atoms with van der Waals surface area (Å²) in [5.41, 5.74) is 9.01. The monoisotopic (exact) mass is 500 g/mol. The van der Waals surface area contributed by atoms with Crippen LogP contribution in [-0.4, -0.2) is 57.4 Å². The lowest BCUT2D eigenvalue weighted by atomic mass is 10.0. The average molecular weight is 501 g/mol. The van der Waals surface area contributed by atoms with Crippen LogP contribution in [0.2, 0.25) is 0 Å². The van der Waals surface area contributed by atoms with Gasteiger partial charge in [-0.1, -0.05) is 36.4 Å². The van der Waals surface area contributed by atoms with Crippen molar-refractivity contribution in [1.82, 2.24) is 4.90 Å². The fourth-order valence-electron chi connectivity index (χ4n) is 4.42. The number of anilines is 1. The Morgan fingerprint density at radius 1 is 1.08 bits per heavy atom. The summed E-state index contributed by atoms with van der Waals surface area (Å²) in [6.45, 7) is 5.03. The molecule has 0 bridgehead atoms. The molecule has 2 N–H and O–H groups in total. The Balaban J connectivity index is 1.60. The summed E-state index contributed by atoms with van der Waals surface area (Å²) in [6.07, 6.45) is 0. The van der Waals surface area contributed by atoms with Gasteiger partial charge in [-0.15, -0.1) is 0 Å². The maximum Gasteiger partial charge on any atom is 0.244 e. The zero-order valence-electron chi connectivity index (χ0n) is 21.0. The van der Waals surface area contributed by atoms with Crippen LogP contribution < -0.4 is 20.1 Å². The molecule has 8 heteroatoms. The Morgan fingerprint density at radius 3 is 2.46 bits per heavy atom. The number of amides is 1. The van der Waals surface area contributed by atoms with Crippen molar-refractivity contribution in [1.29, 1.82) is 5.26 Å². The van der Waals surface area contributed by atoms with E-state index in [1.54, 1.807) is 25.3 Å². The lowest BCUT2D eigenvalue weighted by Gasteiger charge is -2.32. The molecule has 4 rings (SSSR count). The molecule has 1 fully saturated rings. The molecule has 1 heterocycles. The van der Waals surface area contributed by atoms with Crippen molar-refractivity contribution < 1.29 is 19.0 Å². The number of carbonyl (C=O) groups excluding carboxylic acids is 1. The Bertz CT molecular complexity index is 1200. The molecule has 0 spiro atoms. The first-order valence-electron chi connectivity index (χ1n) is 12.3. The van der Waals surface area contributed by atoms with Crippen molar-refractivity contribution in [3.63, 3.8) is 0 Å². The topological polar surface area (TPSA) is 101 Å². The smallest absolute Gasteiger partial charge is 0.244 e. The molecule has 1 amide bonds. The number of nitrogens with two attached hydrogens (primary N) is 1. The SMILES string of the molecule is COc1cc(C(C(N)=O)N(Cc2ccccc2)c2ccc(C#N)cc2)ccc1OCCN1CCOCC1. The molecule has 8 nitrogen and oxygen atoms in total. The van der Waals surface area contributed by atoms with E-state index in [1.165, 1.54) is 0 Å². The van der Waals surface area contributed by atoms with Crippen molar-refractivity contribution in [3.05, 3.63) is 89.5 Å². The fraction of sp³-hybridized carbons (Fsp3) is 0.310. The standard InChI is InChI=1S/C29H32N4O4/c1-35-27-19-24(9-12-26(27)37-18-15-32-13-16-36-17-14-32)28(29(31)34)33(21-23-5-3-2-4-6-23)25-10-7-22(20-30)8-11-25/h2-12,19,28H,13-18,21H2,1H3,(H2,31,34). The van der Waals surface area contributed by atoms with E-state index in [0.29, 0.717) is 35.8 Å². The van der Waals surface area contributed by atoms with Crippen LogP contribution in [0.5, 0.6) is 11.5 Å². The summed E-state index contributed by atoms with van der Waals surface area (Å²) in [4.78, 5) is 17.1. The second kappa shape index (κ2) is 12.8. The van der Waals surface area contributed by atoms with Crippen LogP contribution in [-0.2, 0) is 16.1 Å². The van der Waals surface area contributed by atoms with E-state index in [0.717, 1.165) is 44.1 Å². The molecule has 1 unspecified atom stereocenters. The van der Waals surface area contributed by atoms with Gasteiger partial charge < -0.3 is 24.8 Å².